The highest BCUT2D eigenvalue weighted by Gasteiger charge is 2.09. The van der Waals surface area contributed by atoms with Gasteiger partial charge in [-0.2, -0.15) is 0 Å². The van der Waals surface area contributed by atoms with Crippen LogP contribution in [0.25, 0.3) is 0 Å². The number of rotatable bonds is 7. The second-order valence-corrected chi connectivity index (χ2v) is 6.06. The zero-order chi connectivity index (χ0) is 18.2. The number of hydrogen-bond acceptors (Lipinski definition) is 3. The molecule has 0 unspecified atom stereocenters. The van der Waals surface area contributed by atoms with Gasteiger partial charge in [0, 0.05) is 18.1 Å². The zero-order valence-electron chi connectivity index (χ0n) is 14.7. The van der Waals surface area contributed by atoms with Crippen molar-refractivity contribution in [3.8, 4) is 11.5 Å². The first-order chi connectivity index (χ1) is 12.0. The van der Waals surface area contributed by atoms with Gasteiger partial charge >= 0.3 is 6.03 Å². The van der Waals surface area contributed by atoms with Crippen LogP contribution in [0.4, 0.5) is 4.79 Å². The summed E-state index contributed by atoms with van der Waals surface area (Å²) in [4.78, 5) is 11.9. The Morgan fingerprint density at radius 3 is 2.32 bits per heavy atom. The lowest BCUT2D eigenvalue weighted by molar-refractivity contribution is 0.240. The number of methoxy groups -OCH3 is 2. The summed E-state index contributed by atoms with van der Waals surface area (Å²) in [6.45, 7) is 3.00. The fourth-order valence-corrected chi connectivity index (χ4v) is 2.58. The van der Waals surface area contributed by atoms with Crippen molar-refractivity contribution >= 4 is 17.6 Å². The first-order valence-electron chi connectivity index (χ1n) is 8.01. The number of hydrogen-bond donors (Lipinski definition) is 2. The van der Waals surface area contributed by atoms with Crippen LogP contribution in [0.5, 0.6) is 11.5 Å². The molecule has 0 atom stereocenters. The van der Waals surface area contributed by atoms with Gasteiger partial charge in [0.2, 0.25) is 0 Å². The molecule has 2 amide bonds. The highest BCUT2D eigenvalue weighted by atomic mass is 35.5. The molecule has 25 heavy (non-hydrogen) atoms. The second-order valence-electron chi connectivity index (χ2n) is 5.62. The lowest BCUT2D eigenvalue weighted by Gasteiger charge is -2.13. The molecule has 0 fully saturated rings. The average Bonchev–Trinajstić information content (AvgIpc) is 2.62. The number of ether oxygens (including phenoxy) is 2. The Morgan fingerprint density at radius 1 is 1.04 bits per heavy atom. The van der Waals surface area contributed by atoms with Gasteiger partial charge in [-0.15, -0.1) is 0 Å². The van der Waals surface area contributed by atoms with Crippen LogP contribution in [0.3, 0.4) is 0 Å². The van der Waals surface area contributed by atoms with Crippen LogP contribution < -0.4 is 20.1 Å². The van der Waals surface area contributed by atoms with E-state index >= 15 is 0 Å². The molecule has 0 radical (unpaired) electrons. The van der Waals surface area contributed by atoms with Gasteiger partial charge in [-0.05, 0) is 54.3 Å². The molecule has 134 valence electrons. The van der Waals surface area contributed by atoms with E-state index in [2.05, 4.69) is 10.6 Å². The number of amides is 2. The van der Waals surface area contributed by atoms with E-state index in [0.29, 0.717) is 36.0 Å². The molecule has 6 heteroatoms. The Kier molecular flexibility index (Phi) is 6.95. The number of carbonyl (C=O) groups is 1. The highest BCUT2D eigenvalue weighted by Crippen LogP contribution is 2.30. The van der Waals surface area contributed by atoms with Crippen LogP contribution in [0.2, 0.25) is 5.02 Å². The van der Waals surface area contributed by atoms with Crippen LogP contribution >= 0.6 is 11.6 Å². The molecule has 0 aliphatic carbocycles. The van der Waals surface area contributed by atoms with Gasteiger partial charge in [0.15, 0.2) is 11.5 Å². The summed E-state index contributed by atoms with van der Waals surface area (Å²) in [6, 6.07) is 11.1. The fourth-order valence-electron chi connectivity index (χ4n) is 2.45. The van der Waals surface area contributed by atoms with Crippen molar-refractivity contribution in [2.45, 2.75) is 19.9 Å². The highest BCUT2D eigenvalue weighted by molar-refractivity contribution is 6.30. The SMILES string of the molecule is COc1cc(C)c(CCNC(=O)NCc2ccc(Cl)cc2)cc1OC. The van der Waals surface area contributed by atoms with Gasteiger partial charge in [-0.1, -0.05) is 23.7 Å². The maximum Gasteiger partial charge on any atom is 0.315 e. The van der Waals surface area contributed by atoms with E-state index in [4.69, 9.17) is 21.1 Å². The molecule has 0 saturated carbocycles. The summed E-state index contributed by atoms with van der Waals surface area (Å²) in [7, 11) is 3.23. The van der Waals surface area contributed by atoms with Crippen molar-refractivity contribution in [2.75, 3.05) is 20.8 Å². The lowest BCUT2D eigenvalue weighted by atomic mass is 10.0. The van der Waals surface area contributed by atoms with Crippen LogP contribution in [-0.2, 0) is 13.0 Å². The first kappa shape index (κ1) is 18.9. The van der Waals surface area contributed by atoms with Gasteiger partial charge < -0.3 is 20.1 Å². The van der Waals surface area contributed by atoms with E-state index in [9.17, 15) is 4.79 Å². The Morgan fingerprint density at radius 2 is 1.68 bits per heavy atom. The van der Waals surface area contributed by atoms with Crippen LogP contribution in [0, 0.1) is 6.92 Å². The molecule has 5 nitrogen and oxygen atoms in total. The standard InChI is InChI=1S/C19H23ClN2O3/c1-13-10-17(24-2)18(25-3)11-15(13)8-9-21-19(23)22-12-14-4-6-16(20)7-5-14/h4-7,10-11H,8-9,12H2,1-3H3,(H2,21,22,23). The molecule has 2 aromatic carbocycles. The van der Waals surface area contributed by atoms with E-state index in [1.807, 2.05) is 31.2 Å². The molecule has 0 aliphatic heterocycles. The summed E-state index contributed by atoms with van der Waals surface area (Å²) in [5.41, 5.74) is 3.20. The van der Waals surface area contributed by atoms with E-state index in [-0.39, 0.29) is 6.03 Å². The second kappa shape index (κ2) is 9.18. The van der Waals surface area contributed by atoms with Gasteiger partial charge in [-0.3, -0.25) is 0 Å². The van der Waals surface area contributed by atoms with E-state index in [1.54, 1.807) is 26.4 Å². The molecule has 0 spiro atoms. The summed E-state index contributed by atoms with van der Waals surface area (Å²) in [5.74, 6) is 1.40. The van der Waals surface area contributed by atoms with Gasteiger partial charge in [0.25, 0.3) is 0 Å². The van der Waals surface area contributed by atoms with E-state index < -0.39 is 0 Å². The molecular weight excluding hydrogens is 340 g/mol. The average molecular weight is 363 g/mol. The molecule has 2 N–H and O–H groups in total. The number of carbonyl (C=O) groups excluding carboxylic acids is 1. The number of halogens is 1. The monoisotopic (exact) mass is 362 g/mol. The molecule has 0 bridgehead atoms. The maximum atomic E-state index is 11.9. The van der Waals surface area contributed by atoms with Gasteiger partial charge in [0.1, 0.15) is 0 Å². The number of urea groups is 1. The Labute approximate surface area is 153 Å². The lowest BCUT2D eigenvalue weighted by Crippen LogP contribution is -2.36. The predicted molar refractivity (Wildman–Crippen MR) is 99.7 cm³/mol. The van der Waals surface area contributed by atoms with Crippen molar-refractivity contribution in [2.24, 2.45) is 0 Å². The Balaban J connectivity index is 1.81. The molecule has 2 rings (SSSR count). The molecule has 0 aromatic heterocycles. The fraction of sp³-hybridized carbons (Fsp3) is 0.316. The van der Waals surface area contributed by atoms with E-state index in [0.717, 1.165) is 16.7 Å². The zero-order valence-corrected chi connectivity index (χ0v) is 15.4. The minimum Gasteiger partial charge on any atom is -0.493 e. The van der Waals surface area contributed by atoms with Crippen molar-refractivity contribution < 1.29 is 14.3 Å². The molecular formula is C19H23ClN2O3. The molecule has 2 aromatic rings. The first-order valence-corrected chi connectivity index (χ1v) is 8.39. The molecule has 0 heterocycles. The summed E-state index contributed by atoms with van der Waals surface area (Å²) in [5, 5.41) is 6.36. The number of aryl methyl sites for hydroxylation is 1. The maximum absolute atomic E-state index is 11.9. The van der Waals surface area contributed by atoms with E-state index in [1.165, 1.54) is 0 Å². The van der Waals surface area contributed by atoms with Crippen molar-refractivity contribution in [1.29, 1.82) is 0 Å². The van der Waals surface area contributed by atoms with Crippen LogP contribution in [-0.4, -0.2) is 26.8 Å². The predicted octanol–water partition coefficient (Wildman–Crippen LogP) is 3.71. The minimum atomic E-state index is -0.201. The quantitative estimate of drug-likeness (QED) is 0.789. The summed E-state index contributed by atoms with van der Waals surface area (Å²) in [6.07, 6.45) is 0.709. The van der Waals surface area contributed by atoms with Crippen molar-refractivity contribution in [3.63, 3.8) is 0 Å². The summed E-state index contributed by atoms with van der Waals surface area (Å²) >= 11 is 5.84. The van der Waals surface area contributed by atoms with Crippen LogP contribution in [0.15, 0.2) is 36.4 Å². The largest absolute Gasteiger partial charge is 0.493 e. The van der Waals surface area contributed by atoms with Crippen molar-refractivity contribution in [1.82, 2.24) is 10.6 Å². The smallest absolute Gasteiger partial charge is 0.315 e. The molecule has 0 saturated heterocycles. The third kappa shape index (κ3) is 5.57. The Hall–Kier alpha value is -2.40. The van der Waals surface area contributed by atoms with Crippen LogP contribution in [0.1, 0.15) is 16.7 Å². The third-order valence-electron chi connectivity index (χ3n) is 3.89. The third-order valence-corrected chi connectivity index (χ3v) is 4.14. The summed E-state index contributed by atoms with van der Waals surface area (Å²) < 4.78 is 10.6. The Bertz CT molecular complexity index is 717. The van der Waals surface area contributed by atoms with Gasteiger partial charge in [0.05, 0.1) is 14.2 Å². The normalized spacial score (nSPS) is 10.2. The van der Waals surface area contributed by atoms with Crippen molar-refractivity contribution in [3.05, 3.63) is 58.1 Å². The van der Waals surface area contributed by atoms with Gasteiger partial charge in [-0.25, -0.2) is 4.79 Å². The topological polar surface area (TPSA) is 59.6 Å². The number of nitrogens with one attached hydrogen (secondary N) is 2. The molecule has 0 aliphatic rings. The number of benzene rings is 2. The minimum absolute atomic E-state index is 0.201.